The van der Waals surface area contributed by atoms with Gasteiger partial charge >= 0.3 is 5.97 Å². The summed E-state index contributed by atoms with van der Waals surface area (Å²) < 4.78 is 9.90. The van der Waals surface area contributed by atoms with Gasteiger partial charge in [-0.25, -0.2) is 0 Å². The van der Waals surface area contributed by atoms with Gasteiger partial charge in [-0.1, -0.05) is 0 Å². The molecule has 1 atom stereocenters. The number of carbonyl (C=O) groups is 3. The number of methoxy groups -OCH3 is 1. The Bertz CT molecular complexity index is 557. The molecule has 0 radical (unpaired) electrons. The summed E-state index contributed by atoms with van der Waals surface area (Å²) in [6, 6.07) is 6.43. The maximum atomic E-state index is 12.3. The first kappa shape index (κ1) is 15.3. The number of hydrogen-bond acceptors (Lipinski definition) is 5. The first-order valence-corrected chi connectivity index (χ1v) is 6.85. The predicted molar refractivity (Wildman–Crippen MR) is 74.3 cm³/mol. The molecule has 0 unspecified atom stereocenters. The van der Waals surface area contributed by atoms with Crippen LogP contribution in [0.15, 0.2) is 24.3 Å². The second-order valence-electron chi connectivity index (χ2n) is 4.42. The summed E-state index contributed by atoms with van der Waals surface area (Å²) in [7, 11) is 1.52. The SMILES string of the molecule is COc1ccc(C(=O)N2CC[C@@H](OC(=O)CCl)C2=O)cc1. The molecular formula is C14H14ClNO5. The van der Waals surface area contributed by atoms with Crippen molar-refractivity contribution in [3.8, 4) is 5.75 Å². The number of hydrogen-bond donors (Lipinski definition) is 0. The van der Waals surface area contributed by atoms with Crippen LogP contribution < -0.4 is 4.74 Å². The molecule has 1 fully saturated rings. The van der Waals surface area contributed by atoms with E-state index in [4.69, 9.17) is 21.1 Å². The molecule has 1 aromatic carbocycles. The Balaban J connectivity index is 2.06. The van der Waals surface area contributed by atoms with Crippen molar-refractivity contribution < 1.29 is 23.9 Å². The molecule has 0 bridgehead atoms. The minimum absolute atomic E-state index is 0.212. The lowest BCUT2D eigenvalue weighted by Crippen LogP contribution is -2.36. The number of likely N-dealkylation sites (tertiary alicyclic amines) is 1. The highest BCUT2D eigenvalue weighted by molar-refractivity contribution is 6.26. The van der Waals surface area contributed by atoms with Crippen LogP contribution in [0.25, 0.3) is 0 Å². The lowest BCUT2D eigenvalue weighted by molar-refractivity contribution is -0.153. The Kier molecular flexibility index (Phi) is 4.80. The second kappa shape index (κ2) is 6.58. The number of ether oxygens (including phenoxy) is 2. The van der Waals surface area contributed by atoms with E-state index in [0.29, 0.717) is 11.3 Å². The van der Waals surface area contributed by atoms with Crippen molar-refractivity contribution >= 4 is 29.4 Å². The van der Waals surface area contributed by atoms with E-state index in [1.54, 1.807) is 24.3 Å². The third kappa shape index (κ3) is 3.33. The van der Waals surface area contributed by atoms with Crippen LogP contribution in [0.3, 0.4) is 0 Å². The number of benzene rings is 1. The smallest absolute Gasteiger partial charge is 0.321 e. The second-order valence-corrected chi connectivity index (χ2v) is 4.69. The van der Waals surface area contributed by atoms with Gasteiger partial charge in [-0.2, -0.15) is 0 Å². The molecule has 1 aromatic rings. The van der Waals surface area contributed by atoms with Gasteiger partial charge < -0.3 is 9.47 Å². The van der Waals surface area contributed by atoms with Crippen molar-refractivity contribution in [1.29, 1.82) is 0 Å². The lowest BCUT2D eigenvalue weighted by Gasteiger charge is -2.15. The molecule has 2 amide bonds. The van der Waals surface area contributed by atoms with E-state index in [1.807, 2.05) is 0 Å². The molecule has 6 nitrogen and oxygen atoms in total. The van der Waals surface area contributed by atoms with E-state index in [9.17, 15) is 14.4 Å². The summed E-state index contributed by atoms with van der Waals surface area (Å²) in [4.78, 5) is 36.5. The molecule has 1 aliphatic rings. The molecule has 21 heavy (non-hydrogen) atoms. The number of esters is 1. The molecule has 0 spiro atoms. The van der Waals surface area contributed by atoms with Crippen molar-refractivity contribution in [2.45, 2.75) is 12.5 Å². The number of imide groups is 1. The zero-order chi connectivity index (χ0) is 15.4. The highest BCUT2D eigenvalue weighted by Gasteiger charge is 2.38. The highest BCUT2D eigenvalue weighted by atomic mass is 35.5. The van der Waals surface area contributed by atoms with Gasteiger partial charge in [0.15, 0.2) is 6.10 Å². The van der Waals surface area contributed by atoms with Crippen molar-refractivity contribution in [3.63, 3.8) is 0 Å². The Hall–Kier alpha value is -2.08. The van der Waals surface area contributed by atoms with Gasteiger partial charge in [-0.05, 0) is 24.3 Å². The molecule has 0 N–H and O–H groups in total. The predicted octanol–water partition coefficient (Wildman–Crippen LogP) is 1.22. The minimum Gasteiger partial charge on any atom is -0.497 e. The minimum atomic E-state index is -0.932. The van der Waals surface area contributed by atoms with Crippen LogP contribution in [0.2, 0.25) is 0 Å². The van der Waals surface area contributed by atoms with Crippen LogP contribution in [0, 0.1) is 0 Å². The molecule has 0 aliphatic carbocycles. The van der Waals surface area contributed by atoms with Crippen LogP contribution in [0.1, 0.15) is 16.8 Å². The fourth-order valence-electron chi connectivity index (χ4n) is 2.04. The first-order chi connectivity index (χ1) is 10.1. The number of carbonyl (C=O) groups excluding carboxylic acids is 3. The van der Waals surface area contributed by atoms with Gasteiger partial charge in [0.05, 0.1) is 7.11 Å². The Morgan fingerprint density at radius 2 is 2.00 bits per heavy atom. The van der Waals surface area contributed by atoms with E-state index >= 15 is 0 Å². The molecule has 1 aliphatic heterocycles. The average Bonchev–Trinajstić information content (AvgIpc) is 2.87. The quantitative estimate of drug-likeness (QED) is 0.475. The molecule has 112 valence electrons. The standard InChI is InChI=1S/C14H14ClNO5/c1-20-10-4-2-9(3-5-10)13(18)16-7-6-11(14(16)19)21-12(17)8-15/h2-5,11H,6-8H2,1H3/t11-/m1/s1. The highest BCUT2D eigenvalue weighted by Crippen LogP contribution is 2.19. The Labute approximate surface area is 126 Å². The van der Waals surface area contributed by atoms with Crippen molar-refractivity contribution in [2.24, 2.45) is 0 Å². The number of alkyl halides is 1. The fourth-order valence-corrected chi connectivity index (χ4v) is 2.11. The van der Waals surface area contributed by atoms with E-state index < -0.39 is 23.9 Å². The van der Waals surface area contributed by atoms with Gasteiger partial charge in [-0.3, -0.25) is 19.3 Å². The van der Waals surface area contributed by atoms with Gasteiger partial charge in [0.2, 0.25) is 0 Å². The van der Waals surface area contributed by atoms with Crippen molar-refractivity contribution in [3.05, 3.63) is 29.8 Å². The maximum absolute atomic E-state index is 12.3. The molecule has 1 heterocycles. The normalized spacial score (nSPS) is 17.7. The van der Waals surface area contributed by atoms with Gasteiger partial charge in [0.1, 0.15) is 11.6 Å². The molecule has 0 aromatic heterocycles. The number of nitrogens with zero attached hydrogens (tertiary/aromatic N) is 1. The average molecular weight is 312 g/mol. The Morgan fingerprint density at radius 1 is 1.33 bits per heavy atom. The third-order valence-corrected chi connectivity index (χ3v) is 3.34. The van der Waals surface area contributed by atoms with E-state index in [2.05, 4.69) is 0 Å². The van der Waals surface area contributed by atoms with E-state index in [-0.39, 0.29) is 18.8 Å². The molecular weight excluding hydrogens is 298 g/mol. The third-order valence-electron chi connectivity index (χ3n) is 3.12. The van der Waals surface area contributed by atoms with Gasteiger partial charge in [0, 0.05) is 18.5 Å². The summed E-state index contributed by atoms with van der Waals surface area (Å²) in [5, 5.41) is 0. The van der Waals surface area contributed by atoms with Crippen molar-refractivity contribution in [2.75, 3.05) is 19.5 Å². The van der Waals surface area contributed by atoms with Crippen LogP contribution in [0.5, 0.6) is 5.75 Å². The number of rotatable bonds is 4. The summed E-state index contributed by atoms with van der Waals surface area (Å²) in [5.41, 5.74) is 0.369. The van der Waals surface area contributed by atoms with Gasteiger partial charge in [-0.15, -0.1) is 11.6 Å². The largest absolute Gasteiger partial charge is 0.497 e. The molecule has 7 heteroatoms. The summed E-state index contributed by atoms with van der Waals surface area (Å²) >= 11 is 5.32. The summed E-state index contributed by atoms with van der Waals surface area (Å²) in [6.07, 6.45) is -0.651. The number of amides is 2. The monoisotopic (exact) mass is 311 g/mol. The van der Waals surface area contributed by atoms with Gasteiger partial charge in [0.25, 0.3) is 11.8 Å². The Morgan fingerprint density at radius 3 is 2.57 bits per heavy atom. The number of halogens is 1. The van der Waals surface area contributed by atoms with Crippen LogP contribution >= 0.6 is 11.6 Å². The van der Waals surface area contributed by atoms with Crippen LogP contribution in [-0.4, -0.2) is 48.3 Å². The fraction of sp³-hybridized carbons (Fsp3) is 0.357. The molecule has 0 saturated carbocycles. The van der Waals surface area contributed by atoms with E-state index in [1.165, 1.54) is 7.11 Å². The van der Waals surface area contributed by atoms with Crippen LogP contribution in [0.4, 0.5) is 0 Å². The molecule has 1 saturated heterocycles. The van der Waals surface area contributed by atoms with E-state index in [0.717, 1.165) is 4.90 Å². The summed E-state index contributed by atoms with van der Waals surface area (Å²) in [5.74, 6) is -1.32. The topological polar surface area (TPSA) is 72.9 Å². The zero-order valence-electron chi connectivity index (χ0n) is 11.4. The van der Waals surface area contributed by atoms with Crippen LogP contribution in [-0.2, 0) is 14.3 Å². The summed E-state index contributed by atoms with van der Waals surface area (Å²) in [6.45, 7) is 0.212. The lowest BCUT2D eigenvalue weighted by atomic mass is 10.2. The first-order valence-electron chi connectivity index (χ1n) is 6.32. The molecule has 2 rings (SSSR count). The van der Waals surface area contributed by atoms with Crippen molar-refractivity contribution in [1.82, 2.24) is 4.90 Å². The maximum Gasteiger partial charge on any atom is 0.321 e. The zero-order valence-corrected chi connectivity index (χ0v) is 12.1.